The Labute approximate surface area is 136 Å². The standard InChI is InChI=1S/C16H17F3N2O3/c17-16(18,19)11-4-2-1-3-10(11)15(23)21-7-5-12-13(6-8-21)24-9-14(22)20-12/h1-4,12-13H,5-9H2,(H,20,22)/t12-,13-/m0/s1. The van der Waals surface area contributed by atoms with Crippen LogP contribution in [0.4, 0.5) is 13.2 Å². The summed E-state index contributed by atoms with van der Waals surface area (Å²) in [6.45, 7) is 0.546. The number of nitrogens with zero attached hydrogens (tertiary/aromatic N) is 1. The van der Waals surface area contributed by atoms with E-state index in [1.165, 1.54) is 23.1 Å². The van der Waals surface area contributed by atoms with E-state index in [0.717, 1.165) is 6.07 Å². The van der Waals surface area contributed by atoms with Gasteiger partial charge in [-0.15, -0.1) is 0 Å². The predicted octanol–water partition coefficient (Wildman–Crippen LogP) is 1.82. The fourth-order valence-corrected chi connectivity index (χ4v) is 3.16. The monoisotopic (exact) mass is 342 g/mol. The Hall–Kier alpha value is -2.09. The van der Waals surface area contributed by atoms with Gasteiger partial charge >= 0.3 is 6.18 Å². The van der Waals surface area contributed by atoms with Gasteiger partial charge in [-0.2, -0.15) is 13.2 Å². The maximum absolute atomic E-state index is 13.1. The normalized spacial score (nSPS) is 24.8. The average molecular weight is 342 g/mol. The Kier molecular flexibility index (Phi) is 4.49. The van der Waals surface area contributed by atoms with Crippen LogP contribution >= 0.6 is 0 Å². The van der Waals surface area contributed by atoms with Gasteiger partial charge in [0.1, 0.15) is 6.61 Å². The zero-order valence-corrected chi connectivity index (χ0v) is 12.8. The first-order chi connectivity index (χ1) is 11.4. The third kappa shape index (κ3) is 3.38. The summed E-state index contributed by atoms with van der Waals surface area (Å²) in [6.07, 6.45) is -3.86. The highest BCUT2D eigenvalue weighted by Crippen LogP contribution is 2.32. The van der Waals surface area contributed by atoms with Crippen LogP contribution in [0.25, 0.3) is 0 Å². The molecule has 2 fully saturated rings. The molecule has 0 unspecified atom stereocenters. The maximum atomic E-state index is 13.1. The number of halogens is 3. The fraction of sp³-hybridized carbons (Fsp3) is 0.500. The van der Waals surface area contributed by atoms with E-state index in [9.17, 15) is 22.8 Å². The molecule has 8 heteroatoms. The van der Waals surface area contributed by atoms with Gasteiger partial charge in [-0.1, -0.05) is 12.1 Å². The maximum Gasteiger partial charge on any atom is 0.417 e. The smallest absolute Gasteiger partial charge is 0.366 e. The van der Waals surface area contributed by atoms with Crippen molar-refractivity contribution < 1.29 is 27.5 Å². The number of morpholine rings is 1. The Morgan fingerprint density at radius 2 is 1.92 bits per heavy atom. The van der Waals surface area contributed by atoms with E-state index in [4.69, 9.17) is 4.74 Å². The van der Waals surface area contributed by atoms with Gasteiger partial charge in [0.25, 0.3) is 5.91 Å². The van der Waals surface area contributed by atoms with E-state index >= 15 is 0 Å². The predicted molar refractivity (Wildman–Crippen MR) is 78.3 cm³/mol. The lowest BCUT2D eigenvalue weighted by molar-refractivity contribution is -0.138. The second kappa shape index (κ2) is 6.43. The van der Waals surface area contributed by atoms with Crippen molar-refractivity contribution in [3.63, 3.8) is 0 Å². The van der Waals surface area contributed by atoms with Gasteiger partial charge in [-0.25, -0.2) is 0 Å². The quantitative estimate of drug-likeness (QED) is 0.847. The zero-order valence-electron chi connectivity index (χ0n) is 12.8. The lowest BCUT2D eigenvalue weighted by Gasteiger charge is -2.30. The van der Waals surface area contributed by atoms with E-state index in [2.05, 4.69) is 5.32 Å². The van der Waals surface area contributed by atoms with Crippen molar-refractivity contribution in [2.24, 2.45) is 0 Å². The first-order valence-electron chi connectivity index (χ1n) is 7.73. The number of hydrogen-bond acceptors (Lipinski definition) is 3. The van der Waals surface area contributed by atoms with Crippen molar-refractivity contribution >= 4 is 11.8 Å². The molecule has 2 saturated heterocycles. The van der Waals surface area contributed by atoms with Gasteiger partial charge in [0.05, 0.1) is 23.3 Å². The van der Waals surface area contributed by atoms with Crippen LogP contribution in [0.5, 0.6) is 0 Å². The van der Waals surface area contributed by atoms with Crippen LogP contribution in [-0.4, -0.2) is 48.6 Å². The van der Waals surface area contributed by atoms with Crippen molar-refractivity contribution in [3.8, 4) is 0 Å². The molecular formula is C16H17F3N2O3. The van der Waals surface area contributed by atoms with Crippen LogP contribution in [-0.2, 0) is 15.7 Å². The molecule has 0 saturated carbocycles. The highest BCUT2D eigenvalue weighted by atomic mass is 19.4. The van der Waals surface area contributed by atoms with E-state index < -0.39 is 17.6 Å². The molecule has 5 nitrogen and oxygen atoms in total. The molecule has 2 aliphatic rings. The Morgan fingerprint density at radius 1 is 1.21 bits per heavy atom. The first-order valence-corrected chi connectivity index (χ1v) is 7.73. The van der Waals surface area contributed by atoms with Crippen LogP contribution < -0.4 is 5.32 Å². The van der Waals surface area contributed by atoms with E-state index in [0.29, 0.717) is 19.4 Å². The zero-order chi connectivity index (χ0) is 17.3. The summed E-state index contributed by atoms with van der Waals surface area (Å²) in [5.74, 6) is -0.855. The second-order valence-corrected chi connectivity index (χ2v) is 5.94. The SMILES string of the molecule is O=C1CO[C@H]2CCN(C(=O)c3ccccc3C(F)(F)F)CC[C@@H]2N1. The second-order valence-electron chi connectivity index (χ2n) is 5.94. The minimum Gasteiger partial charge on any atom is -0.366 e. The number of benzene rings is 1. The molecule has 2 aliphatic heterocycles. The molecule has 0 radical (unpaired) electrons. The number of amides is 2. The van der Waals surface area contributed by atoms with Crippen LogP contribution in [0, 0.1) is 0 Å². The van der Waals surface area contributed by atoms with Gasteiger partial charge in [0.15, 0.2) is 0 Å². The van der Waals surface area contributed by atoms with E-state index in [-0.39, 0.29) is 36.8 Å². The highest BCUT2D eigenvalue weighted by Gasteiger charge is 2.38. The number of rotatable bonds is 1. The summed E-state index contributed by atoms with van der Waals surface area (Å²) >= 11 is 0. The van der Waals surface area contributed by atoms with Crippen LogP contribution in [0.2, 0.25) is 0 Å². The minimum atomic E-state index is -4.58. The number of likely N-dealkylation sites (tertiary alicyclic amines) is 1. The number of hydrogen-bond donors (Lipinski definition) is 1. The molecule has 0 bridgehead atoms. The van der Waals surface area contributed by atoms with Crippen LogP contribution in [0.15, 0.2) is 24.3 Å². The Balaban J connectivity index is 1.78. The number of ether oxygens (including phenoxy) is 1. The summed E-state index contributed by atoms with van der Waals surface area (Å²) in [6, 6.07) is 4.58. The molecule has 0 aliphatic carbocycles. The molecule has 0 spiro atoms. The molecule has 2 atom stereocenters. The molecule has 24 heavy (non-hydrogen) atoms. The Bertz CT molecular complexity index is 648. The van der Waals surface area contributed by atoms with Crippen molar-refractivity contribution in [1.82, 2.24) is 10.2 Å². The van der Waals surface area contributed by atoms with Crippen molar-refractivity contribution in [3.05, 3.63) is 35.4 Å². The topological polar surface area (TPSA) is 58.6 Å². The van der Waals surface area contributed by atoms with Gasteiger partial charge < -0.3 is 15.0 Å². The van der Waals surface area contributed by atoms with Crippen molar-refractivity contribution in [2.45, 2.75) is 31.2 Å². The van der Waals surface area contributed by atoms with E-state index in [1.807, 2.05) is 0 Å². The van der Waals surface area contributed by atoms with Gasteiger partial charge in [-0.05, 0) is 25.0 Å². The molecule has 0 aromatic heterocycles. The first kappa shape index (κ1) is 16.8. The summed E-state index contributed by atoms with van der Waals surface area (Å²) in [7, 11) is 0. The average Bonchev–Trinajstić information content (AvgIpc) is 2.75. The number of carbonyl (C=O) groups is 2. The molecular weight excluding hydrogens is 325 g/mol. The number of carbonyl (C=O) groups excluding carboxylic acids is 2. The molecule has 1 aromatic carbocycles. The lowest BCUT2D eigenvalue weighted by atomic mass is 10.0. The highest BCUT2D eigenvalue weighted by molar-refractivity contribution is 5.96. The largest absolute Gasteiger partial charge is 0.417 e. The summed E-state index contributed by atoms with van der Waals surface area (Å²) in [4.78, 5) is 25.4. The van der Waals surface area contributed by atoms with Gasteiger partial charge in [-0.3, -0.25) is 9.59 Å². The number of alkyl halides is 3. The van der Waals surface area contributed by atoms with E-state index in [1.54, 1.807) is 0 Å². The van der Waals surface area contributed by atoms with Gasteiger partial charge in [0.2, 0.25) is 5.91 Å². The lowest BCUT2D eigenvalue weighted by Crippen LogP contribution is -2.51. The summed E-state index contributed by atoms with van der Waals surface area (Å²) in [5, 5.41) is 2.81. The fourth-order valence-electron chi connectivity index (χ4n) is 3.16. The number of fused-ring (bicyclic) bond motifs is 1. The summed E-state index contributed by atoms with van der Waals surface area (Å²) < 4.78 is 44.8. The minimum absolute atomic E-state index is 0.0218. The molecule has 1 N–H and O–H groups in total. The third-order valence-electron chi connectivity index (χ3n) is 4.37. The third-order valence-corrected chi connectivity index (χ3v) is 4.37. The number of nitrogens with one attached hydrogen (secondary N) is 1. The Morgan fingerprint density at radius 3 is 2.67 bits per heavy atom. The van der Waals surface area contributed by atoms with Gasteiger partial charge in [0, 0.05) is 13.1 Å². The molecule has 2 heterocycles. The molecule has 3 rings (SSSR count). The molecule has 1 aromatic rings. The van der Waals surface area contributed by atoms with Crippen LogP contribution in [0.3, 0.4) is 0 Å². The van der Waals surface area contributed by atoms with Crippen molar-refractivity contribution in [1.29, 1.82) is 0 Å². The molecule has 130 valence electrons. The molecule has 2 amide bonds. The summed E-state index contributed by atoms with van der Waals surface area (Å²) in [5.41, 5.74) is -1.28. The van der Waals surface area contributed by atoms with Crippen molar-refractivity contribution in [2.75, 3.05) is 19.7 Å². The van der Waals surface area contributed by atoms with Crippen LogP contribution in [0.1, 0.15) is 28.8 Å².